The fourth-order valence-corrected chi connectivity index (χ4v) is 3.06. The zero-order valence-electron chi connectivity index (χ0n) is 12.2. The van der Waals surface area contributed by atoms with Crippen LogP contribution in [0.4, 0.5) is 0 Å². The van der Waals surface area contributed by atoms with Gasteiger partial charge >= 0.3 is 5.97 Å². The van der Waals surface area contributed by atoms with Crippen LogP contribution >= 0.6 is 23.2 Å². The number of nitrogens with one attached hydrogen (secondary N) is 1. The van der Waals surface area contributed by atoms with Crippen molar-refractivity contribution in [2.75, 3.05) is 20.1 Å². The van der Waals surface area contributed by atoms with E-state index in [1.165, 1.54) is 0 Å². The number of benzene rings is 1. The Labute approximate surface area is 139 Å². The summed E-state index contributed by atoms with van der Waals surface area (Å²) < 4.78 is 0. The van der Waals surface area contributed by atoms with Gasteiger partial charge in [0.05, 0.1) is 0 Å². The molecule has 1 aromatic rings. The predicted octanol–water partition coefficient (Wildman–Crippen LogP) is 2.29. The maximum absolute atomic E-state index is 12.4. The summed E-state index contributed by atoms with van der Waals surface area (Å²) in [5, 5.41) is 11.5. The lowest BCUT2D eigenvalue weighted by atomic mass is 9.87. The first-order valence-corrected chi connectivity index (χ1v) is 7.79. The Hall–Kier alpha value is -1.30. The fourth-order valence-electron chi connectivity index (χ4n) is 2.51. The highest BCUT2D eigenvalue weighted by atomic mass is 35.5. The van der Waals surface area contributed by atoms with E-state index in [0.29, 0.717) is 36.5 Å². The molecule has 1 fully saturated rings. The van der Waals surface area contributed by atoms with E-state index in [4.69, 9.17) is 23.2 Å². The zero-order valence-corrected chi connectivity index (χ0v) is 13.7. The van der Waals surface area contributed by atoms with Crippen molar-refractivity contribution in [3.63, 3.8) is 0 Å². The number of carboxylic acid groups (broad SMARTS) is 1. The Kier molecular flexibility index (Phi) is 5.32. The van der Waals surface area contributed by atoms with E-state index >= 15 is 0 Å². The van der Waals surface area contributed by atoms with Crippen LogP contribution in [0.5, 0.6) is 0 Å². The third-order valence-electron chi connectivity index (χ3n) is 4.02. The van der Waals surface area contributed by atoms with Crippen molar-refractivity contribution >= 4 is 35.1 Å². The van der Waals surface area contributed by atoms with Crippen LogP contribution < -0.4 is 5.32 Å². The van der Waals surface area contributed by atoms with Crippen LogP contribution in [0.15, 0.2) is 24.3 Å². The minimum atomic E-state index is -1.27. The maximum Gasteiger partial charge on any atom is 0.329 e. The Morgan fingerprint density at radius 1 is 1.32 bits per heavy atom. The summed E-state index contributed by atoms with van der Waals surface area (Å²) in [6, 6.07) is 6.76. The molecule has 1 amide bonds. The molecule has 22 heavy (non-hydrogen) atoms. The summed E-state index contributed by atoms with van der Waals surface area (Å²) in [6.45, 7) is 1.21. The van der Waals surface area contributed by atoms with E-state index in [0.717, 1.165) is 0 Å². The van der Waals surface area contributed by atoms with E-state index in [1.54, 1.807) is 24.3 Å². The largest absolute Gasteiger partial charge is 0.480 e. The molecule has 0 saturated carbocycles. The number of carbonyl (C=O) groups is 2. The number of amides is 1. The molecule has 1 aliphatic heterocycles. The first-order chi connectivity index (χ1) is 10.4. The molecule has 0 spiro atoms. The van der Waals surface area contributed by atoms with Crippen LogP contribution in [-0.2, 0) is 9.59 Å². The molecular formula is C15H18Cl2N2O3. The smallest absolute Gasteiger partial charge is 0.329 e. The summed E-state index contributed by atoms with van der Waals surface area (Å²) in [7, 11) is 1.92. The van der Waals surface area contributed by atoms with Crippen molar-refractivity contribution in [1.82, 2.24) is 10.2 Å². The van der Waals surface area contributed by atoms with Gasteiger partial charge in [-0.25, -0.2) is 4.79 Å². The van der Waals surface area contributed by atoms with E-state index < -0.39 is 22.8 Å². The second-order valence-electron chi connectivity index (χ2n) is 5.56. The molecule has 0 aromatic heterocycles. The molecule has 1 heterocycles. The number of aliphatic carboxylic acids is 1. The average molecular weight is 345 g/mol. The number of alkyl halides is 1. The average Bonchev–Trinajstić information content (AvgIpc) is 2.49. The minimum absolute atomic E-state index is 0.344. The van der Waals surface area contributed by atoms with Crippen molar-refractivity contribution in [2.24, 2.45) is 0 Å². The molecule has 0 bridgehead atoms. The van der Waals surface area contributed by atoms with Gasteiger partial charge in [0, 0.05) is 18.1 Å². The number of halogens is 2. The molecule has 1 unspecified atom stereocenters. The number of likely N-dealkylation sites (tertiary alicyclic amines) is 1. The van der Waals surface area contributed by atoms with Crippen LogP contribution in [0.2, 0.25) is 5.02 Å². The number of nitrogens with zero attached hydrogens (tertiary/aromatic N) is 1. The highest BCUT2D eigenvalue weighted by Crippen LogP contribution is 2.30. The van der Waals surface area contributed by atoms with Gasteiger partial charge in [0.1, 0.15) is 10.9 Å². The maximum atomic E-state index is 12.4. The molecule has 1 aliphatic rings. The third-order valence-corrected chi connectivity index (χ3v) is 4.80. The molecule has 0 radical (unpaired) electrons. The summed E-state index contributed by atoms with van der Waals surface area (Å²) in [5.74, 6) is -1.57. The first-order valence-electron chi connectivity index (χ1n) is 6.98. The van der Waals surface area contributed by atoms with E-state index in [2.05, 4.69) is 5.32 Å². The van der Waals surface area contributed by atoms with E-state index in [9.17, 15) is 14.7 Å². The molecule has 2 N–H and O–H groups in total. The normalized spacial score (nSPS) is 19.4. The fraction of sp³-hybridized carbons (Fsp3) is 0.467. The number of hydrogen-bond acceptors (Lipinski definition) is 3. The molecule has 1 aromatic carbocycles. The van der Waals surface area contributed by atoms with Gasteiger partial charge in [-0.15, -0.1) is 11.6 Å². The highest BCUT2D eigenvalue weighted by molar-refractivity contribution is 6.36. The highest BCUT2D eigenvalue weighted by Gasteiger charge is 2.43. The SMILES string of the molecule is CN1CCC(NC(=O)C(Cl)c2ccccc2Cl)(C(=O)O)CC1. The van der Waals surface area contributed by atoms with Gasteiger partial charge in [0.2, 0.25) is 5.91 Å². The van der Waals surface area contributed by atoms with Crippen LogP contribution in [0.25, 0.3) is 0 Å². The topological polar surface area (TPSA) is 69.6 Å². The molecule has 120 valence electrons. The second kappa shape index (κ2) is 6.86. The van der Waals surface area contributed by atoms with Crippen molar-refractivity contribution in [2.45, 2.75) is 23.8 Å². The van der Waals surface area contributed by atoms with Crippen molar-refractivity contribution < 1.29 is 14.7 Å². The van der Waals surface area contributed by atoms with Gasteiger partial charge in [0.25, 0.3) is 0 Å². The number of carbonyl (C=O) groups excluding carboxylic acids is 1. The molecular weight excluding hydrogens is 327 g/mol. The lowest BCUT2D eigenvalue weighted by Crippen LogP contribution is -2.60. The number of rotatable bonds is 4. The predicted molar refractivity (Wildman–Crippen MR) is 85.3 cm³/mol. The van der Waals surface area contributed by atoms with Gasteiger partial charge in [-0.3, -0.25) is 4.79 Å². The molecule has 1 atom stereocenters. The zero-order chi connectivity index (χ0) is 16.3. The van der Waals surface area contributed by atoms with Crippen molar-refractivity contribution in [3.8, 4) is 0 Å². The molecule has 7 heteroatoms. The van der Waals surface area contributed by atoms with Gasteiger partial charge in [-0.2, -0.15) is 0 Å². The number of hydrogen-bond donors (Lipinski definition) is 2. The second-order valence-corrected chi connectivity index (χ2v) is 6.41. The Morgan fingerprint density at radius 2 is 1.91 bits per heavy atom. The Morgan fingerprint density at radius 3 is 2.45 bits per heavy atom. The number of carboxylic acids is 1. The van der Waals surface area contributed by atoms with Crippen molar-refractivity contribution in [3.05, 3.63) is 34.9 Å². The number of piperidine rings is 1. The van der Waals surface area contributed by atoms with Crippen LogP contribution in [0.3, 0.4) is 0 Å². The van der Waals surface area contributed by atoms with Gasteiger partial charge in [-0.05, 0) is 31.5 Å². The Bertz CT molecular complexity index is 572. The summed E-state index contributed by atoms with van der Waals surface area (Å²) in [4.78, 5) is 26.0. The molecule has 5 nitrogen and oxygen atoms in total. The summed E-state index contributed by atoms with van der Waals surface area (Å²) in [5.41, 5.74) is -0.797. The standard InChI is InChI=1S/C15H18Cl2N2O3/c1-19-8-6-15(7-9-19,14(21)22)18-13(20)12(17)10-4-2-3-5-11(10)16/h2-5,12H,6-9H2,1H3,(H,18,20)(H,21,22). The van der Waals surface area contributed by atoms with Crippen LogP contribution in [0, 0.1) is 0 Å². The molecule has 0 aliphatic carbocycles. The van der Waals surface area contributed by atoms with Crippen molar-refractivity contribution in [1.29, 1.82) is 0 Å². The lowest BCUT2D eigenvalue weighted by Gasteiger charge is -2.38. The molecule has 1 saturated heterocycles. The van der Waals surface area contributed by atoms with E-state index in [-0.39, 0.29) is 0 Å². The first kappa shape index (κ1) is 17.1. The van der Waals surface area contributed by atoms with Crippen LogP contribution in [-0.4, -0.2) is 47.6 Å². The summed E-state index contributed by atoms with van der Waals surface area (Å²) in [6.07, 6.45) is 0.688. The quantitative estimate of drug-likeness (QED) is 0.822. The summed E-state index contributed by atoms with van der Waals surface area (Å²) >= 11 is 12.2. The van der Waals surface area contributed by atoms with Gasteiger partial charge < -0.3 is 15.3 Å². The third kappa shape index (κ3) is 3.54. The van der Waals surface area contributed by atoms with Gasteiger partial charge in [-0.1, -0.05) is 29.8 Å². The Balaban J connectivity index is 2.15. The minimum Gasteiger partial charge on any atom is -0.480 e. The van der Waals surface area contributed by atoms with E-state index in [1.807, 2.05) is 11.9 Å². The molecule has 2 rings (SSSR count). The van der Waals surface area contributed by atoms with Gasteiger partial charge in [0.15, 0.2) is 0 Å². The van der Waals surface area contributed by atoms with Crippen LogP contribution in [0.1, 0.15) is 23.8 Å². The monoisotopic (exact) mass is 344 g/mol. The lowest BCUT2D eigenvalue weighted by molar-refractivity contribution is -0.149.